The van der Waals surface area contributed by atoms with E-state index in [0.717, 1.165) is 0 Å². The Hall–Kier alpha value is -2.20. The van der Waals surface area contributed by atoms with Crippen LogP contribution in [0.25, 0.3) is 0 Å². The van der Waals surface area contributed by atoms with Crippen molar-refractivity contribution < 1.29 is 42.9 Å². The van der Waals surface area contributed by atoms with Crippen molar-refractivity contribution in [3.63, 3.8) is 0 Å². The minimum Gasteiger partial charge on any atom is -0.457 e. The van der Waals surface area contributed by atoms with Crippen molar-refractivity contribution in [2.75, 3.05) is 0 Å². The summed E-state index contributed by atoms with van der Waals surface area (Å²) in [5.41, 5.74) is -1.34. The Morgan fingerprint density at radius 2 is 1.58 bits per heavy atom. The molecule has 0 aromatic carbocycles. The second kappa shape index (κ2) is 6.20. The lowest BCUT2D eigenvalue weighted by Crippen LogP contribution is -2.84. The van der Waals surface area contributed by atoms with Crippen LogP contribution in [0.4, 0.5) is 0 Å². The summed E-state index contributed by atoms with van der Waals surface area (Å²) in [6.07, 6.45) is -3.72. The van der Waals surface area contributed by atoms with Gasteiger partial charge in [0.2, 0.25) is 18.0 Å². The van der Waals surface area contributed by atoms with Crippen LogP contribution < -0.4 is 5.32 Å². The molecule has 0 aromatic heterocycles. The molecule has 4 rings (SSSR count). The Balaban J connectivity index is 2.07. The number of amides is 1. The minimum absolute atomic E-state index is 0.0502. The smallest absolute Gasteiger partial charge is 0.305 e. The molecule has 4 aliphatic rings. The highest BCUT2D eigenvalue weighted by atomic mass is 16.8. The first-order valence-corrected chi connectivity index (χ1v) is 8.23. The number of hydrogen-bond acceptors (Lipinski definition) is 9. The van der Waals surface area contributed by atoms with Crippen molar-refractivity contribution in [3.8, 4) is 0 Å². The summed E-state index contributed by atoms with van der Waals surface area (Å²) in [6.45, 7) is 4.95. The van der Waals surface area contributed by atoms with Crippen LogP contribution in [0, 0.1) is 0 Å². The Morgan fingerprint density at radius 1 is 0.962 bits per heavy atom. The lowest BCUT2D eigenvalue weighted by Gasteiger charge is -2.64. The first-order valence-electron chi connectivity index (χ1n) is 8.23. The normalized spacial score (nSPS) is 39.8. The van der Waals surface area contributed by atoms with Gasteiger partial charge in [-0.3, -0.25) is 19.2 Å². The fourth-order valence-electron chi connectivity index (χ4n) is 4.20. The predicted octanol–water partition coefficient (Wildman–Crippen LogP) is -0.467. The lowest BCUT2D eigenvalue weighted by molar-refractivity contribution is -0.446. The van der Waals surface area contributed by atoms with Gasteiger partial charge in [-0.2, -0.15) is 0 Å². The molecule has 1 N–H and O–H groups in total. The maximum absolute atomic E-state index is 11.9. The van der Waals surface area contributed by atoms with E-state index in [0.29, 0.717) is 0 Å². The number of nitrogens with one attached hydrogen (secondary N) is 1. The van der Waals surface area contributed by atoms with E-state index < -0.39 is 59.7 Å². The SMILES string of the molecule is CC(=O)N[C@@]12C[C@]3(OC(C)=O)C[C@@H](O[C@@H](O3)[C@H]1OC(C)=O)[C@H]2OC(C)=O. The van der Waals surface area contributed by atoms with Crippen molar-refractivity contribution in [1.29, 1.82) is 0 Å². The number of carbonyl (C=O) groups excluding carboxylic acids is 4. The number of carbonyl (C=O) groups is 4. The average molecular weight is 371 g/mol. The van der Waals surface area contributed by atoms with Crippen LogP contribution in [-0.4, -0.2) is 59.7 Å². The monoisotopic (exact) mass is 371 g/mol. The highest BCUT2D eigenvalue weighted by molar-refractivity contribution is 5.75. The summed E-state index contributed by atoms with van der Waals surface area (Å²) in [5, 5.41) is 2.75. The zero-order valence-corrected chi connectivity index (χ0v) is 14.9. The fourth-order valence-corrected chi connectivity index (χ4v) is 4.20. The quantitative estimate of drug-likeness (QED) is 0.515. The summed E-state index contributed by atoms with van der Waals surface area (Å²) in [7, 11) is 0. The van der Waals surface area contributed by atoms with Crippen molar-refractivity contribution in [3.05, 3.63) is 0 Å². The predicted molar refractivity (Wildman–Crippen MR) is 81.1 cm³/mol. The van der Waals surface area contributed by atoms with Crippen LogP contribution in [0.2, 0.25) is 0 Å². The molecular formula is C16H21NO9. The molecule has 3 heterocycles. The third-order valence-corrected chi connectivity index (χ3v) is 4.64. The van der Waals surface area contributed by atoms with E-state index >= 15 is 0 Å². The van der Waals surface area contributed by atoms with Crippen LogP contribution in [0.15, 0.2) is 0 Å². The van der Waals surface area contributed by atoms with E-state index in [1.54, 1.807) is 0 Å². The Bertz CT molecular complexity index is 628. The number of hydrogen-bond donors (Lipinski definition) is 1. The number of esters is 3. The van der Waals surface area contributed by atoms with E-state index in [2.05, 4.69) is 5.32 Å². The van der Waals surface area contributed by atoms with Crippen LogP contribution >= 0.6 is 0 Å². The maximum atomic E-state index is 11.9. The van der Waals surface area contributed by atoms with E-state index in [4.69, 9.17) is 23.7 Å². The molecule has 0 radical (unpaired) electrons. The summed E-state index contributed by atoms with van der Waals surface area (Å²) in [4.78, 5) is 46.8. The van der Waals surface area contributed by atoms with Gasteiger partial charge in [0.05, 0.1) is 0 Å². The standard InChI is InChI=1S/C16H21NO9/c1-7(18)17-16-6-15(25-10(4)21)5-11(12(16)22-8(2)19)24-14(26-15)13(16)23-9(3)20/h11-14H,5-6H2,1-4H3,(H,17,18)/t11-,12-,13-,14+,15+,16-/m1/s1. The molecule has 10 heteroatoms. The molecule has 1 amide bonds. The van der Waals surface area contributed by atoms with Gasteiger partial charge >= 0.3 is 17.9 Å². The molecular weight excluding hydrogens is 350 g/mol. The summed E-state index contributed by atoms with van der Waals surface area (Å²) in [6, 6.07) is 0. The van der Waals surface area contributed by atoms with Crippen molar-refractivity contribution in [1.82, 2.24) is 5.32 Å². The van der Waals surface area contributed by atoms with Gasteiger partial charge in [-0.05, 0) is 0 Å². The average Bonchev–Trinajstić information content (AvgIpc) is 2.44. The van der Waals surface area contributed by atoms with Gasteiger partial charge in [0, 0.05) is 40.5 Å². The topological polar surface area (TPSA) is 126 Å². The van der Waals surface area contributed by atoms with E-state index in [1.165, 1.54) is 27.7 Å². The van der Waals surface area contributed by atoms with Crippen LogP contribution in [-0.2, 0) is 42.9 Å². The van der Waals surface area contributed by atoms with E-state index in [9.17, 15) is 19.2 Å². The molecule has 26 heavy (non-hydrogen) atoms. The number of ether oxygens (including phenoxy) is 5. The van der Waals surface area contributed by atoms with Crippen LogP contribution in [0.3, 0.4) is 0 Å². The van der Waals surface area contributed by atoms with Crippen LogP contribution in [0.5, 0.6) is 0 Å². The molecule has 10 nitrogen and oxygen atoms in total. The van der Waals surface area contributed by atoms with Gasteiger partial charge in [-0.15, -0.1) is 0 Å². The van der Waals surface area contributed by atoms with Crippen molar-refractivity contribution in [2.24, 2.45) is 0 Å². The van der Waals surface area contributed by atoms with Gasteiger partial charge in [-0.1, -0.05) is 0 Å². The molecule has 1 aliphatic carbocycles. The molecule has 0 spiro atoms. The minimum atomic E-state index is -1.37. The highest BCUT2D eigenvalue weighted by Gasteiger charge is 2.74. The van der Waals surface area contributed by atoms with E-state index in [-0.39, 0.29) is 12.8 Å². The Kier molecular flexibility index (Phi) is 4.43. The molecule has 3 aliphatic heterocycles. The van der Waals surface area contributed by atoms with Crippen LogP contribution in [0.1, 0.15) is 40.5 Å². The maximum Gasteiger partial charge on any atom is 0.305 e. The fraction of sp³-hybridized carbons (Fsp3) is 0.750. The second-order valence-corrected chi connectivity index (χ2v) is 6.83. The molecule has 4 fully saturated rings. The molecule has 3 saturated heterocycles. The first kappa shape index (κ1) is 18.6. The van der Waals surface area contributed by atoms with Crippen molar-refractivity contribution >= 4 is 23.8 Å². The van der Waals surface area contributed by atoms with Gasteiger partial charge in [-0.25, -0.2) is 0 Å². The second-order valence-electron chi connectivity index (χ2n) is 6.83. The first-order chi connectivity index (χ1) is 12.1. The zero-order valence-electron chi connectivity index (χ0n) is 14.9. The molecule has 1 saturated carbocycles. The summed E-state index contributed by atoms with van der Waals surface area (Å²) in [5.74, 6) is -3.57. The summed E-state index contributed by atoms with van der Waals surface area (Å²) >= 11 is 0. The van der Waals surface area contributed by atoms with Gasteiger partial charge in [0.1, 0.15) is 11.6 Å². The van der Waals surface area contributed by atoms with Gasteiger partial charge < -0.3 is 29.0 Å². The third-order valence-electron chi connectivity index (χ3n) is 4.64. The van der Waals surface area contributed by atoms with Gasteiger partial charge in [0.25, 0.3) is 0 Å². The lowest BCUT2D eigenvalue weighted by atomic mass is 9.66. The molecule has 0 unspecified atom stereocenters. The van der Waals surface area contributed by atoms with Crippen molar-refractivity contribution in [2.45, 2.75) is 76.5 Å². The molecule has 144 valence electrons. The molecule has 6 atom stereocenters. The summed E-state index contributed by atoms with van der Waals surface area (Å²) < 4.78 is 27.7. The Morgan fingerprint density at radius 3 is 2.12 bits per heavy atom. The largest absolute Gasteiger partial charge is 0.457 e. The molecule has 4 bridgehead atoms. The molecule has 0 aromatic rings. The zero-order chi connectivity index (χ0) is 19.3. The number of rotatable bonds is 4. The van der Waals surface area contributed by atoms with Gasteiger partial charge in [0.15, 0.2) is 12.2 Å². The third kappa shape index (κ3) is 3.03. The Labute approximate surface area is 149 Å². The highest BCUT2D eigenvalue weighted by Crippen LogP contribution is 2.54. The van der Waals surface area contributed by atoms with E-state index in [1.807, 2.05) is 0 Å².